The Bertz CT molecular complexity index is 286. The number of hydrogen-bond donors (Lipinski definition) is 1. The van der Waals surface area contributed by atoms with E-state index in [0.717, 1.165) is 25.7 Å². The number of hydrogen-bond acceptors (Lipinski definition) is 3. The number of aliphatic carboxylic acids is 1. The molecule has 1 N–H and O–H groups in total. The Morgan fingerprint density at radius 3 is 2.56 bits per heavy atom. The molecule has 1 saturated carbocycles. The summed E-state index contributed by atoms with van der Waals surface area (Å²) in [6.07, 6.45) is 3.28. The molecule has 5 heteroatoms. The normalized spacial score (nSPS) is 27.0. The molecule has 0 aromatic rings. The summed E-state index contributed by atoms with van der Waals surface area (Å²) in [6.45, 7) is 1.05. The number of carbonyl (C=O) groups is 2. The lowest BCUT2D eigenvalue weighted by molar-refractivity contribution is -0.160. The lowest BCUT2D eigenvalue weighted by Crippen LogP contribution is -2.50. The van der Waals surface area contributed by atoms with Crippen molar-refractivity contribution in [3.05, 3.63) is 0 Å². The molecule has 0 radical (unpaired) electrons. The van der Waals surface area contributed by atoms with Crippen LogP contribution in [0.4, 0.5) is 0 Å². The minimum atomic E-state index is -0.982. The fraction of sp³-hybridized carbons (Fsp3) is 0.818. The topological polar surface area (TPSA) is 66.8 Å². The van der Waals surface area contributed by atoms with Gasteiger partial charge in [-0.15, -0.1) is 0 Å². The van der Waals surface area contributed by atoms with Crippen molar-refractivity contribution < 1.29 is 19.4 Å². The molecule has 1 atom stereocenters. The second kappa shape index (κ2) is 4.82. The van der Waals surface area contributed by atoms with Gasteiger partial charge in [-0.2, -0.15) is 0 Å². The van der Waals surface area contributed by atoms with Crippen LogP contribution in [-0.4, -0.2) is 47.7 Å². The maximum absolute atomic E-state index is 12.0. The van der Waals surface area contributed by atoms with Gasteiger partial charge in [-0.3, -0.25) is 4.79 Å². The van der Waals surface area contributed by atoms with Crippen LogP contribution in [0, 0.1) is 5.92 Å². The van der Waals surface area contributed by atoms with E-state index in [4.69, 9.17) is 9.84 Å². The molecule has 0 aromatic carbocycles. The minimum absolute atomic E-state index is 0.118. The van der Waals surface area contributed by atoms with E-state index in [1.165, 1.54) is 0 Å². The molecule has 5 nitrogen and oxygen atoms in total. The highest BCUT2D eigenvalue weighted by Gasteiger charge is 2.33. The van der Waals surface area contributed by atoms with E-state index in [9.17, 15) is 9.59 Å². The summed E-state index contributed by atoms with van der Waals surface area (Å²) in [5, 5.41) is 8.84. The first-order chi connectivity index (χ1) is 7.68. The lowest BCUT2D eigenvalue weighted by atomic mass is 10.1. The second-order valence-corrected chi connectivity index (χ2v) is 4.46. The van der Waals surface area contributed by atoms with Gasteiger partial charge in [0.2, 0.25) is 5.91 Å². The summed E-state index contributed by atoms with van der Waals surface area (Å²) in [4.78, 5) is 24.5. The van der Waals surface area contributed by atoms with Crippen molar-refractivity contribution in [2.24, 2.45) is 5.92 Å². The van der Waals surface area contributed by atoms with Crippen molar-refractivity contribution in [1.82, 2.24) is 4.90 Å². The molecule has 16 heavy (non-hydrogen) atoms. The maximum Gasteiger partial charge on any atom is 0.334 e. The molecule has 1 heterocycles. The Labute approximate surface area is 94.4 Å². The van der Waals surface area contributed by atoms with Gasteiger partial charge in [0.1, 0.15) is 0 Å². The predicted octanol–water partition coefficient (Wildman–Crippen LogP) is 0.489. The molecular weight excluding hydrogens is 210 g/mol. The number of carboxylic acid groups (broad SMARTS) is 1. The number of carboxylic acids is 1. The van der Waals surface area contributed by atoms with Gasteiger partial charge in [-0.25, -0.2) is 4.79 Å². The van der Waals surface area contributed by atoms with E-state index in [1.54, 1.807) is 4.90 Å². The number of ether oxygens (including phenoxy) is 1. The van der Waals surface area contributed by atoms with Gasteiger partial charge in [0.15, 0.2) is 6.10 Å². The van der Waals surface area contributed by atoms with E-state index in [-0.39, 0.29) is 18.4 Å². The summed E-state index contributed by atoms with van der Waals surface area (Å²) < 4.78 is 5.09. The van der Waals surface area contributed by atoms with Crippen LogP contribution in [0.25, 0.3) is 0 Å². The largest absolute Gasteiger partial charge is 0.479 e. The van der Waals surface area contributed by atoms with Gasteiger partial charge >= 0.3 is 5.97 Å². The SMILES string of the molecule is O=C(O)C1CN(C(=O)C2CCCC2)CCO1. The predicted molar refractivity (Wildman–Crippen MR) is 55.9 cm³/mol. The maximum atomic E-state index is 12.0. The van der Waals surface area contributed by atoms with Gasteiger partial charge in [-0.05, 0) is 12.8 Å². The molecule has 0 aromatic heterocycles. The first-order valence-corrected chi connectivity index (χ1v) is 5.81. The molecule has 0 spiro atoms. The molecular formula is C11H17NO4. The molecule has 1 unspecified atom stereocenters. The number of morpholine rings is 1. The number of amides is 1. The van der Waals surface area contributed by atoms with E-state index in [1.807, 2.05) is 0 Å². The second-order valence-electron chi connectivity index (χ2n) is 4.46. The molecule has 1 aliphatic carbocycles. The first-order valence-electron chi connectivity index (χ1n) is 5.81. The molecule has 1 amide bonds. The van der Waals surface area contributed by atoms with Crippen LogP contribution in [0.2, 0.25) is 0 Å². The Morgan fingerprint density at radius 2 is 1.94 bits per heavy atom. The van der Waals surface area contributed by atoms with E-state index in [2.05, 4.69) is 0 Å². The lowest BCUT2D eigenvalue weighted by Gasteiger charge is -2.32. The molecule has 2 fully saturated rings. The van der Waals surface area contributed by atoms with Crippen molar-refractivity contribution in [2.45, 2.75) is 31.8 Å². The van der Waals surface area contributed by atoms with Crippen molar-refractivity contribution in [1.29, 1.82) is 0 Å². The van der Waals surface area contributed by atoms with Gasteiger partial charge in [-0.1, -0.05) is 12.8 Å². The van der Waals surface area contributed by atoms with Crippen LogP contribution >= 0.6 is 0 Å². The van der Waals surface area contributed by atoms with Crippen LogP contribution in [0.1, 0.15) is 25.7 Å². The van der Waals surface area contributed by atoms with Crippen molar-refractivity contribution >= 4 is 11.9 Å². The summed E-state index contributed by atoms with van der Waals surface area (Å²) in [6, 6.07) is 0. The number of rotatable bonds is 2. The number of nitrogens with zero attached hydrogens (tertiary/aromatic N) is 1. The standard InChI is InChI=1S/C11H17NO4/c13-10(8-3-1-2-4-8)12-5-6-16-9(7-12)11(14)15/h8-9H,1-7H2,(H,14,15). The van der Waals surface area contributed by atoms with Gasteiger partial charge in [0.25, 0.3) is 0 Å². The molecule has 1 saturated heterocycles. The highest BCUT2D eigenvalue weighted by molar-refractivity contribution is 5.80. The highest BCUT2D eigenvalue weighted by Crippen LogP contribution is 2.27. The Kier molecular flexibility index (Phi) is 3.43. The summed E-state index contributed by atoms with van der Waals surface area (Å²) in [5.41, 5.74) is 0. The first kappa shape index (κ1) is 11.4. The third kappa shape index (κ3) is 2.35. The molecule has 2 rings (SSSR count). The Hall–Kier alpha value is -1.10. The third-order valence-electron chi connectivity index (χ3n) is 3.36. The van der Waals surface area contributed by atoms with Gasteiger partial charge < -0.3 is 14.7 Å². The molecule has 90 valence electrons. The average molecular weight is 227 g/mol. The zero-order valence-electron chi connectivity index (χ0n) is 9.22. The molecule has 2 aliphatic rings. The van der Waals surface area contributed by atoms with Crippen LogP contribution in [-0.2, 0) is 14.3 Å². The zero-order chi connectivity index (χ0) is 11.5. The Morgan fingerprint density at radius 1 is 1.25 bits per heavy atom. The molecule has 1 aliphatic heterocycles. The van der Waals surface area contributed by atoms with Crippen LogP contribution in [0.3, 0.4) is 0 Å². The van der Waals surface area contributed by atoms with E-state index in [0.29, 0.717) is 13.2 Å². The van der Waals surface area contributed by atoms with Gasteiger partial charge in [0, 0.05) is 12.5 Å². The smallest absolute Gasteiger partial charge is 0.334 e. The average Bonchev–Trinajstić information content (AvgIpc) is 2.81. The van der Waals surface area contributed by atoms with Gasteiger partial charge in [0.05, 0.1) is 13.2 Å². The van der Waals surface area contributed by atoms with Crippen molar-refractivity contribution in [2.75, 3.05) is 19.7 Å². The van der Waals surface area contributed by atoms with E-state index < -0.39 is 12.1 Å². The fourth-order valence-electron chi connectivity index (χ4n) is 2.43. The number of carbonyl (C=O) groups excluding carboxylic acids is 1. The quantitative estimate of drug-likeness (QED) is 0.745. The molecule has 0 bridgehead atoms. The summed E-state index contributed by atoms with van der Waals surface area (Å²) in [7, 11) is 0. The highest BCUT2D eigenvalue weighted by atomic mass is 16.5. The monoisotopic (exact) mass is 227 g/mol. The third-order valence-corrected chi connectivity index (χ3v) is 3.36. The van der Waals surface area contributed by atoms with Crippen LogP contribution in [0.15, 0.2) is 0 Å². The Balaban J connectivity index is 1.93. The van der Waals surface area contributed by atoms with Crippen LogP contribution < -0.4 is 0 Å². The summed E-state index contributed by atoms with van der Waals surface area (Å²) >= 11 is 0. The van der Waals surface area contributed by atoms with Crippen molar-refractivity contribution in [3.8, 4) is 0 Å². The fourth-order valence-corrected chi connectivity index (χ4v) is 2.43. The van der Waals surface area contributed by atoms with Crippen LogP contribution in [0.5, 0.6) is 0 Å². The zero-order valence-corrected chi connectivity index (χ0v) is 9.22. The van der Waals surface area contributed by atoms with Crippen molar-refractivity contribution in [3.63, 3.8) is 0 Å². The summed E-state index contributed by atoms with van der Waals surface area (Å²) in [5.74, 6) is -0.747. The minimum Gasteiger partial charge on any atom is -0.479 e. The van der Waals surface area contributed by atoms with E-state index >= 15 is 0 Å².